The summed E-state index contributed by atoms with van der Waals surface area (Å²) in [5, 5.41) is 3.91. The van der Waals surface area contributed by atoms with Crippen molar-refractivity contribution in [1.82, 2.24) is 15.0 Å². The standard InChI is InChI=1S/C13H17N3O3/c1-9-7-10(14-19-9)8-15-6-4-12(17)16-5-2-3-11(16)13(15)18/h7,11H,2-6,8H2,1H3. The Labute approximate surface area is 111 Å². The summed E-state index contributed by atoms with van der Waals surface area (Å²) < 4.78 is 5.01. The zero-order valence-corrected chi connectivity index (χ0v) is 11.0. The van der Waals surface area contributed by atoms with Crippen LogP contribution in [0.15, 0.2) is 10.6 Å². The number of amides is 2. The van der Waals surface area contributed by atoms with Crippen molar-refractivity contribution in [3.05, 3.63) is 17.5 Å². The third-order valence-electron chi connectivity index (χ3n) is 3.80. The summed E-state index contributed by atoms with van der Waals surface area (Å²) in [5.41, 5.74) is 0.741. The fourth-order valence-electron chi connectivity index (χ4n) is 2.86. The highest BCUT2D eigenvalue weighted by Gasteiger charge is 2.39. The second-order valence-corrected chi connectivity index (χ2v) is 5.18. The van der Waals surface area contributed by atoms with Gasteiger partial charge in [-0.1, -0.05) is 5.16 Å². The molecular weight excluding hydrogens is 246 g/mol. The molecule has 1 aromatic heterocycles. The number of carbonyl (C=O) groups excluding carboxylic acids is 2. The summed E-state index contributed by atoms with van der Waals surface area (Å²) in [6.07, 6.45) is 2.09. The molecule has 1 atom stereocenters. The minimum absolute atomic E-state index is 0.0454. The van der Waals surface area contributed by atoms with Crippen molar-refractivity contribution in [3.8, 4) is 0 Å². The van der Waals surface area contributed by atoms with Crippen LogP contribution in [0.25, 0.3) is 0 Å². The number of hydrogen-bond donors (Lipinski definition) is 0. The van der Waals surface area contributed by atoms with Crippen LogP contribution < -0.4 is 0 Å². The third-order valence-corrected chi connectivity index (χ3v) is 3.80. The molecule has 0 bridgehead atoms. The Morgan fingerprint density at radius 1 is 1.42 bits per heavy atom. The van der Waals surface area contributed by atoms with E-state index in [0.29, 0.717) is 26.1 Å². The van der Waals surface area contributed by atoms with Crippen LogP contribution in [0.4, 0.5) is 0 Å². The number of hydrogen-bond acceptors (Lipinski definition) is 4. The highest BCUT2D eigenvalue weighted by molar-refractivity contribution is 5.90. The Hall–Kier alpha value is -1.85. The van der Waals surface area contributed by atoms with Crippen molar-refractivity contribution in [1.29, 1.82) is 0 Å². The summed E-state index contributed by atoms with van der Waals surface area (Å²) in [7, 11) is 0. The van der Waals surface area contributed by atoms with Gasteiger partial charge in [0.05, 0.1) is 6.54 Å². The molecule has 3 heterocycles. The minimum Gasteiger partial charge on any atom is -0.361 e. The van der Waals surface area contributed by atoms with Gasteiger partial charge in [0.25, 0.3) is 0 Å². The van der Waals surface area contributed by atoms with E-state index in [1.54, 1.807) is 9.80 Å². The molecule has 1 aromatic rings. The number of fused-ring (bicyclic) bond motifs is 1. The Morgan fingerprint density at radius 3 is 3.00 bits per heavy atom. The SMILES string of the molecule is Cc1cc(CN2CCC(=O)N3CCCC3C2=O)no1. The summed E-state index contributed by atoms with van der Waals surface area (Å²) >= 11 is 0. The third kappa shape index (κ3) is 2.22. The number of rotatable bonds is 2. The first-order valence-corrected chi connectivity index (χ1v) is 6.65. The van der Waals surface area contributed by atoms with Gasteiger partial charge in [-0.3, -0.25) is 9.59 Å². The van der Waals surface area contributed by atoms with Gasteiger partial charge < -0.3 is 14.3 Å². The van der Waals surface area contributed by atoms with Crippen LogP contribution in [0.5, 0.6) is 0 Å². The smallest absolute Gasteiger partial charge is 0.245 e. The number of aromatic nitrogens is 1. The molecule has 0 N–H and O–H groups in total. The number of aryl methyl sites for hydroxylation is 1. The van der Waals surface area contributed by atoms with Crippen LogP contribution in [0.1, 0.15) is 30.7 Å². The van der Waals surface area contributed by atoms with Crippen molar-refractivity contribution in [2.24, 2.45) is 0 Å². The fourth-order valence-corrected chi connectivity index (χ4v) is 2.86. The summed E-state index contributed by atoms with van der Waals surface area (Å²) in [6.45, 7) is 3.43. The van der Waals surface area contributed by atoms with Crippen LogP contribution in [0.3, 0.4) is 0 Å². The number of carbonyl (C=O) groups is 2. The lowest BCUT2D eigenvalue weighted by Gasteiger charge is -2.24. The van der Waals surface area contributed by atoms with Gasteiger partial charge in [-0.05, 0) is 19.8 Å². The van der Waals surface area contributed by atoms with Crippen LogP contribution >= 0.6 is 0 Å². The van der Waals surface area contributed by atoms with E-state index < -0.39 is 0 Å². The summed E-state index contributed by atoms with van der Waals surface area (Å²) in [6, 6.07) is 1.56. The van der Waals surface area contributed by atoms with Crippen molar-refractivity contribution >= 4 is 11.8 Å². The molecule has 102 valence electrons. The topological polar surface area (TPSA) is 66.7 Å². The zero-order chi connectivity index (χ0) is 13.4. The molecule has 2 saturated heterocycles. The van der Waals surface area contributed by atoms with E-state index >= 15 is 0 Å². The quantitative estimate of drug-likeness (QED) is 0.788. The molecule has 0 aliphatic carbocycles. The van der Waals surface area contributed by atoms with E-state index in [2.05, 4.69) is 5.16 Å². The maximum absolute atomic E-state index is 12.5. The van der Waals surface area contributed by atoms with Crippen LogP contribution in [0, 0.1) is 6.92 Å². The molecule has 1 unspecified atom stereocenters. The fraction of sp³-hybridized carbons (Fsp3) is 0.615. The highest BCUT2D eigenvalue weighted by atomic mass is 16.5. The molecule has 2 aliphatic heterocycles. The molecule has 0 radical (unpaired) electrons. The van der Waals surface area contributed by atoms with Gasteiger partial charge in [0.2, 0.25) is 11.8 Å². The van der Waals surface area contributed by atoms with E-state index in [1.165, 1.54) is 0 Å². The van der Waals surface area contributed by atoms with Crippen molar-refractivity contribution in [2.75, 3.05) is 13.1 Å². The molecular formula is C13H17N3O3. The van der Waals surface area contributed by atoms with Gasteiger partial charge in [0, 0.05) is 25.6 Å². The molecule has 0 spiro atoms. The number of nitrogens with zero attached hydrogens (tertiary/aromatic N) is 3. The lowest BCUT2D eigenvalue weighted by Crippen LogP contribution is -2.43. The Morgan fingerprint density at radius 2 is 2.26 bits per heavy atom. The zero-order valence-electron chi connectivity index (χ0n) is 11.0. The van der Waals surface area contributed by atoms with Crippen molar-refractivity contribution in [2.45, 2.75) is 38.8 Å². The largest absolute Gasteiger partial charge is 0.361 e. The average molecular weight is 263 g/mol. The molecule has 3 rings (SSSR count). The maximum Gasteiger partial charge on any atom is 0.245 e. The van der Waals surface area contributed by atoms with Crippen LogP contribution in [-0.4, -0.2) is 45.9 Å². The van der Waals surface area contributed by atoms with Crippen molar-refractivity contribution in [3.63, 3.8) is 0 Å². The second-order valence-electron chi connectivity index (χ2n) is 5.18. The van der Waals surface area contributed by atoms with Gasteiger partial charge >= 0.3 is 0 Å². The normalized spacial score (nSPS) is 23.7. The first kappa shape index (κ1) is 12.2. The van der Waals surface area contributed by atoms with Gasteiger partial charge in [0.1, 0.15) is 17.5 Å². The first-order chi connectivity index (χ1) is 9.15. The van der Waals surface area contributed by atoms with Gasteiger partial charge in [0.15, 0.2) is 0 Å². The molecule has 6 heteroatoms. The van der Waals surface area contributed by atoms with Gasteiger partial charge in [-0.2, -0.15) is 0 Å². The van der Waals surface area contributed by atoms with E-state index in [9.17, 15) is 9.59 Å². The Balaban J connectivity index is 1.78. The predicted molar refractivity (Wildman–Crippen MR) is 66.0 cm³/mol. The van der Waals surface area contributed by atoms with E-state index in [-0.39, 0.29) is 17.9 Å². The maximum atomic E-state index is 12.5. The van der Waals surface area contributed by atoms with Gasteiger partial charge in [-0.25, -0.2) is 0 Å². The van der Waals surface area contributed by atoms with Crippen molar-refractivity contribution < 1.29 is 14.1 Å². The summed E-state index contributed by atoms with van der Waals surface area (Å²) in [4.78, 5) is 27.9. The van der Waals surface area contributed by atoms with E-state index in [0.717, 1.165) is 24.3 Å². The molecule has 2 amide bonds. The molecule has 0 aromatic carbocycles. The molecule has 6 nitrogen and oxygen atoms in total. The second kappa shape index (κ2) is 4.68. The lowest BCUT2D eigenvalue weighted by molar-refractivity contribution is -0.139. The lowest BCUT2D eigenvalue weighted by atomic mass is 10.2. The average Bonchev–Trinajstić information content (AvgIpc) is 2.99. The Kier molecular flexibility index (Phi) is 3.00. The summed E-state index contributed by atoms with van der Waals surface area (Å²) in [5.74, 6) is 0.870. The van der Waals surface area contributed by atoms with Gasteiger partial charge in [-0.15, -0.1) is 0 Å². The predicted octanol–water partition coefficient (Wildman–Crippen LogP) is 0.706. The van der Waals surface area contributed by atoms with E-state index in [1.807, 2.05) is 13.0 Å². The van der Waals surface area contributed by atoms with E-state index in [4.69, 9.17) is 4.52 Å². The minimum atomic E-state index is -0.261. The first-order valence-electron chi connectivity index (χ1n) is 6.65. The Bertz CT molecular complexity index is 511. The van der Waals surface area contributed by atoms with Crippen LogP contribution in [-0.2, 0) is 16.1 Å². The molecule has 2 fully saturated rings. The van der Waals surface area contributed by atoms with Crippen LogP contribution in [0.2, 0.25) is 0 Å². The molecule has 19 heavy (non-hydrogen) atoms. The molecule has 2 aliphatic rings. The highest BCUT2D eigenvalue weighted by Crippen LogP contribution is 2.24. The monoisotopic (exact) mass is 263 g/mol. The molecule has 0 saturated carbocycles.